The molecule has 2 aliphatic rings. The minimum Gasteiger partial charge on any atom is -0.372 e. The number of nitrogens with zero attached hydrogens (tertiary/aromatic N) is 5. The maximum absolute atomic E-state index is 8.89. The molecule has 3 heterocycles. The van der Waals surface area contributed by atoms with Crippen molar-refractivity contribution >= 4 is 16.9 Å². The Morgan fingerprint density at radius 2 is 2.10 bits per heavy atom. The van der Waals surface area contributed by atoms with Crippen LogP contribution in [0.1, 0.15) is 29.5 Å². The van der Waals surface area contributed by atoms with Crippen LogP contribution < -0.4 is 5.32 Å². The van der Waals surface area contributed by atoms with Gasteiger partial charge in [0, 0.05) is 50.4 Å². The molecule has 3 aromatic rings. The molecule has 0 spiro atoms. The molecule has 1 fully saturated rings. The third-order valence-corrected chi connectivity index (χ3v) is 7.15. The highest BCUT2D eigenvalue weighted by atomic mass is 16.5. The molecule has 0 saturated carbocycles. The molecule has 3 atom stereocenters. The van der Waals surface area contributed by atoms with Gasteiger partial charge in [0.15, 0.2) is 0 Å². The van der Waals surface area contributed by atoms with Gasteiger partial charge in [0.1, 0.15) is 11.7 Å². The minimum absolute atomic E-state index is 0.295. The number of aromatic nitrogens is 3. The number of ether oxygens (including phenoxy) is 1. The molecule has 7 heteroatoms. The molecule has 7 nitrogen and oxygen atoms in total. The zero-order valence-corrected chi connectivity index (χ0v) is 18.3. The molecule has 1 aromatic carbocycles. The van der Waals surface area contributed by atoms with Gasteiger partial charge in [-0.3, -0.25) is 4.90 Å². The second kappa shape index (κ2) is 7.63. The number of nitrogens with one attached hydrogen (secondary N) is 1. The topological polar surface area (TPSA) is 79.0 Å². The Bertz CT molecular complexity index is 1150. The minimum atomic E-state index is -0.295. The van der Waals surface area contributed by atoms with E-state index in [1.54, 1.807) is 12.4 Å². The lowest BCUT2D eigenvalue weighted by molar-refractivity contribution is -0.125. The van der Waals surface area contributed by atoms with Gasteiger partial charge >= 0.3 is 0 Å². The predicted molar refractivity (Wildman–Crippen MR) is 120 cm³/mol. The number of aryl methyl sites for hydroxylation is 1. The summed E-state index contributed by atoms with van der Waals surface area (Å²) in [5, 5.41) is 13.6. The number of piperidine rings is 1. The van der Waals surface area contributed by atoms with Gasteiger partial charge in [-0.25, -0.2) is 9.97 Å². The van der Waals surface area contributed by atoms with E-state index < -0.39 is 0 Å². The Hall–Kier alpha value is -2.95. The summed E-state index contributed by atoms with van der Waals surface area (Å²) in [6.45, 7) is 1.83. The van der Waals surface area contributed by atoms with Crippen LogP contribution in [0.2, 0.25) is 0 Å². The summed E-state index contributed by atoms with van der Waals surface area (Å²) >= 11 is 0. The smallest absolute Gasteiger partial charge is 0.222 e. The highest BCUT2D eigenvalue weighted by Crippen LogP contribution is 2.50. The normalized spacial score (nSPS) is 25.2. The quantitative estimate of drug-likeness (QED) is 0.689. The van der Waals surface area contributed by atoms with E-state index in [9.17, 15) is 0 Å². The summed E-state index contributed by atoms with van der Waals surface area (Å²) in [6, 6.07) is 9.02. The molecular weight excluding hydrogens is 388 g/mol. The summed E-state index contributed by atoms with van der Waals surface area (Å²) in [7, 11) is 6.24. The molecule has 0 unspecified atom stereocenters. The lowest BCUT2D eigenvalue weighted by atomic mass is 9.68. The molecule has 31 heavy (non-hydrogen) atoms. The number of rotatable bonds is 5. The SMILES string of the molecule is CO[C@]12C[C@@H](CCNc3ncc(C#N)cn3)CN(C)[C@@H]1Cc1cn(C)c3cccc2c13. The van der Waals surface area contributed by atoms with Crippen molar-refractivity contribution in [2.24, 2.45) is 13.0 Å². The third-order valence-electron chi connectivity index (χ3n) is 7.15. The van der Waals surface area contributed by atoms with Crippen molar-refractivity contribution in [2.75, 3.05) is 32.6 Å². The van der Waals surface area contributed by atoms with Crippen LogP contribution >= 0.6 is 0 Å². The molecule has 1 aliphatic carbocycles. The van der Waals surface area contributed by atoms with Crippen molar-refractivity contribution in [1.29, 1.82) is 5.26 Å². The molecule has 2 aromatic heterocycles. The van der Waals surface area contributed by atoms with Gasteiger partial charge in [0.25, 0.3) is 0 Å². The lowest BCUT2D eigenvalue weighted by Gasteiger charge is -2.53. The number of fused-ring (bicyclic) bond motifs is 2. The van der Waals surface area contributed by atoms with Gasteiger partial charge in [-0.15, -0.1) is 0 Å². The lowest BCUT2D eigenvalue weighted by Crippen LogP contribution is -2.59. The van der Waals surface area contributed by atoms with Crippen molar-refractivity contribution in [3.05, 3.63) is 53.5 Å². The van der Waals surface area contributed by atoms with Gasteiger partial charge in [-0.1, -0.05) is 12.1 Å². The summed E-state index contributed by atoms with van der Waals surface area (Å²) in [6.07, 6.45) is 8.41. The second-order valence-corrected chi connectivity index (χ2v) is 8.91. The van der Waals surface area contributed by atoms with Gasteiger partial charge in [0.2, 0.25) is 5.95 Å². The molecule has 0 amide bonds. The average Bonchev–Trinajstić information content (AvgIpc) is 3.12. The van der Waals surface area contributed by atoms with Crippen molar-refractivity contribution in [2.45, 2.75) is 30.9 Å². The molecule has 5 rings (SSSR count). The summed E-state index contributed by atoms with van der Waals surface area (Å²) in [4.78, 5) is 10.9. The predicted octanol–water partition coefficient (Wildman–Crippen LogP) is 3.06. The van der Waals surface area contributed by atoms with Gasteiger partial charge < -0.3 is 14.6 Å². The fourth-order valence-corrected chi connectivity index (χ4v) is 5.77. The maximum atomic E-state index is 8.89. The van der Waals surface area contributed by atoms with Crippen molar-refractivity contribution in [3.63, 3.8) is 0 Å². The average molecular weight is 417 g/mol. The van der Waals surface area contributed by atoms with E-state index in [0.29, 0.717) is 23.5 Å². The number of nitriles is 1. The fraction of sp³-hybridized carbons (Fsp3) is 0.458. The van der Waals surface area contributed by atoms with Gasteiger partial charge in [-0.2, -0.15) is 5.26 Å². The van der Waals surface area contributed by atoms with E-state index in [1.807, 2.05) is 13.2 Å². The van der Waals surface area contributed by atoms with E-state index >= 15 is 0 Å². The Morgan fingerprint density at radius 3 is 2.84 bits per heavy atom. The highest BCUT2D eigenvalue weighted by molar-refractivity contribution is 5.89. The first kappa shape index (κ1) is 20.0. The number of anilines is 1. The van der Waals surface area contributed by atoms with Crippen molar-refractivity contribution in [1.82, 2.24) is 19.4 Å². The van der Waals surface area contributed by atoms with Crippen LogP contribution in [0.5, 0.6) is 0 Å². The third kappa shape index (κ3) is 3.18. The van der Waals surface area contributed by atoms with E-state index in [4.69, 9.17) is 10.00 Å². The number of likely N-dealkylation sites (tertiary alicyclic amines) is 1. The van der Waals surface area contributed by atoms with E-state index in [0.717, 1.165) is 32.4 Å². The maximum Gasteiger partial charge on any atom is 0.222 e. The summed E-state index contributed by atoms with van der Waals surface area (Å²) in [5.74, 6) is 1.06. The van der Waals surface area contributed by atoms with Crippen LogP contribution in [0.15, 0.2) is 36.8 Å². The largest absolute Gasteiger partial charge is 0.372 e. The summed E-state index contributed by atoms with van der Waals surface area (Å²) in [5.41, 5.74) is 4.22. The first-order valence-corrected chi connectivity index (χ1v) is 10.8. The zero-order chi connectivity index (χ0) is 21.6. The van der Waals surface area contributed by atoms with Crippen LogP contribution in [-0.2, 0) is 23.8 Å². The monoisotopic (exact) mass is 416 g/mol. The van der Waals surface area contributed by atoms with Crippen LogP contribution in [0.25, 0.3) is 10.9 Å². The zero-order valence-electron chi connectivity index (χ0n) is 18.3. The molecule has 160 valence electrons. The molecule has 1 aliphatic heterocycles. The van der Waals surface area contributed by atoms with Crippen LogP contribution in [0, 0.1) is 17.2 Å². The van der Waals surface area contributed by atoms with Crippen LogP contribution in [-0.4, -0.2) is 52.7 Å². The standard InChI is InChI=1S/C24H28N6O/c1-29-15-18-9-21-24(31-3,19-5-4-6-20(29)22(18)19)10-16(14-30(21)2)7-8-26-23-27-12-17(11-25)13-28-23/h4-6,12-13,15-16,21H,7-10,14H2,1-3H3,(H,26,27,28)/t16-,21-,24+/m1/s1. The molecule has 0 radical (unpaired) electrons. The Morgan fingerprint density at radius 1 is 1.29 bits per heavy atom. The molecule has 0 bridgehead atoms. The molecular formula is C24H28N6O. The van der Waals surface area contributed by atoms with Crippen LogP contribution in [0.4, 0.5) is 5.95 Å². The second-order valence-electron chi connectivity index (χ2n) is 8.91. The highest BCUT2D eigenvalue weighted by Gasteiger charge is 2.51. The van der Waals surface area contributed by atoms with Gasteiger partial charge in [-0.05, 0) is 49.4 Å². The van der Waals surface area contributed by atoms with Crippen LogP contribution in [0.3, 0.4) is 0 Å². The first-order chi connectivity index (χ1) is 15.1. The number of hydrogen-bond donors (Lipinski definition) is 1. The van der Waals surface area contributed by atoms with E-state index in [-0.39, 0.29) is 5.60 Å². The summed E-state index contributed by atoms with van der Waals surface area (Å²) < 4.78 is 8.65. The number of hydrogen-bond acceptors (Lipinski definition) is 6. The van der Waals surface area contributed by atoms with Crippen molar-refractivity contribution < 1.29 is 4.74 Å². The fourth-order valence-electron chi connectivity index (χ4n) is 5.77. The number of likely N-dealkylation sites (N-methyl/N-ethyl adjacent to an activating group) is 1. The number of benzene rings is 1. The van der Waals surface area contributed by atoms with Crippen molar-refractivity contribution in [3.8, 4) is 6.07 Å². The molecule has 1 saturated heterocycles. The first-order valence-electron chi connectivity index (χ1n) is 10.8. The Balaban J connectivity index is 1.38. The Kier molecular flexibility index (Phi) is 4.92. The number of methoxy groups -OCH3 is 1. The van der Waals surface area contributed by atoms with E-state index in [1.165, 1.54) is 22.0 Å². The molecule has 1 N–H and O–H groups in total. The van der Waals surface area contributed by atoms with E-state index in [2.05, 4.69) is 63.2 Å². The Labute approximate surface area is 182 Å². The van der Waals surface area contributed by atoms with Gasteiger partial charge in [0.05, 0.1) is 18.0 Å².